The van der Waals surface area contributed by atoms with Crippen LogP contribution in [0.15, 0.2) is 24.3 Å². The summed E-state index contributed by atoms with van der Waals surface area (Å²) in [6.45, 7) is -0.695. The van der Waals surface area contributed by atoms with Crippen molar-refractivity contribution in [3.05, 3.63) is 29.8 Å². The van der Waals surface area contributed by atoms with Gasteiger partial charge in [-0.05, 0) is 37.0 Å². The van der Waals surface area contributed by atoms with Crippen LogP contribution in [-0.2, 0) is 30.4 Å². The van der Waals surface area contributed by atoms with Gasteiger partial charge in [0.2, 0.25) is 23.6 Å². The monoisotopic (exact) mass is 479 g/mol. The minimum atomic E-state index is -1.54. The van der Waals surface area contributed by atoms with Gasteiger partial charge < -0.3 is 42.3 Å². The summed E-state index contributed by atoms with van der Waals surface area (Å²) in [5.41, 5.74) is 11.8. The summed E-state index contributed by atoms with van der Waals surface area (Å²) < 4.78 is 0. The van der Waals surface area contributed by atoms with Gasteiger partial charge in [-0.1, -0.05) is 12.1 Å². The number of carboxylic acids is 1. The summed E-state index contributed by atoms with van der Waals surface area (Å²) in [4.78, 5) is 62.1. The zero-order valence-corrected chi connectivity index (χ0v) is 18.3. The molecule has 0 saturated carbocycles. The van der Waals surface area contributed by atoms with Crippen LogP contribution in [0.2, 0.25) is 0 Å². The van der Waals surface area contributed by atoms with E-state index in [-0.39, 0.29) is 25.1 Å². The fourth-order valence-electron chi connectivity index (χ4n) is 3.62. The Balaban J connectivity index is 2.10. The van der Waals surface area contributed by atoms with Gasteiger partial charge in [0.1, 0.15) is 23.9 Å². The van der Waals surface area contributed by atoms with E-state index in [1.54, 1.807) is 12.1 Å². The predicted octanol–water partition coefficient (Wildman–Crippen LogP) is -2.83. The second kappa shape index (κ2) is 12.0. The number of rotatable bonds is 11. The van der Waals surface area contributed by atoms with Crippen molar-refractivity contribution in [3.63, 3.8) is 0 Å². The van der Waals surface area contributed by atoms with Crippen LogP contribution in [0.5, 0.6) is 5.75 Å². The largest absolute Gasteiger partial charge is 0.508 e. The summed E-state index contributed by atoms with van der Waals surface area (Å²) >= 11 is 0. The van der Waals surface area contributed by atoms with Gasteiger partial charge >= 0.3 is 5.97 Å². The van der Waals surface area contributed by atoms with E-state index in [1.165, 1.54) is 12.1 Å². The number of nitrogens with one attached hydrogen (secondary N) is 2. The van der Waals surface area contributed by atoms with Crippen molar-refractivity contribution in [2.24, 2.45) is 11.5 Å². The van der Waals surface area contributed by atoms with Crippen molar-refractivity contribution in [1.29, 1.82) is 0 Å². The number of amides is 4. The van der Waals surface area contributed by atoms with Gasteiger partial charge in [-0.15, -0.1) is 0 Å². The Bertz CT molecular complexity index is 922. The van der Waals surface area contributed by atoms with Crippen molar-refractivity contribution in [1.82, 2.24) is 15.5 Å². The normalized spacial score (nSPS) is 17.9. The lowest BCUT2D eigenvalue weighted by molar-refractivity contribution is -0.146. The first-order valence-electron chi connectivity index (χ1n) is 10.6. The SMILES string of the molecule is NC(=O)CC(NC(=O)C(N)Cc1ccc(O)cc1)C(=O)N1CCCC1C(=O)NC(CO)C(=O)O. The van der Waals surface area contributed by atoms with E-state index in [9.17, 15) is 29.1 Å². The summed E-state index contributed by atoms with van der Waals surface area (Å²) in [6.07, 6.45) is 0.219. The summed E-state index contributed by atoms with van der Waals surface area (Å²) in [5, 5.41) is 32.1. The molecule has 0 aromatic heterocycles. The molecule has 4 amide bonds. The molecule has 13 nitrogen and oxygen atoms in total. The maximum atomic E-state index is 13.1. The number of carboxylic acid groups (broad SMARTS) is 1. The molecule has 1 aromatic carbocycles. The number of carbonyl (C=O) groups excluding carboxylic acids is 4. The van der Waals surface area contributed by atoms with Crippen LogP contribution >= 0.6 is 0 Å². The number of phenols is 1. The fourth-order valence-corrected chi connectivity index (χ4v) is 3.62. The minimum Gasteiger partial charge on any atom is -0.508 e. The zero-order valence-electron chi connectivity index (χ0n) is 18.3. The van der Waals surface area contributed by atoms with Crippen LogP contribution in [0.1, 0.15) is 24.8 Å². The molecule has 0 bridgehead atoms. The lowest BCUT2D eigenvalue weighted by Crippen LogP contribution is -2.57. The van der Waals surface area contributed by atoms with Crippen LogP contribution in [0.4, 0.5) is 0 Å². The molecule has 13 heteroatoms. The number of nitrogens with two attached hydrogens (primary N) is 2. The first kappa shape index (κ1) is 26.5. The zero-order chi connectivity index (χ0) is 25.4. The second-order valence-electron chi connectivity index (χ2n) is 7.98. The molecule has 4 unspecified atom stereocenters. The molecule has 1 saturated heterocycles. The number of aliphatic hydroxyl groups is 1. The number of aliphatic hydroxyl groups excluding tert-OH is 1. The highest BCUT2D eigenvalue weighted by molar-refractivity contribution is 5.96. The van der Waals surface area contributed by atoms with Gasteiger partial charge in [-0.3, -0.25) is 19.2 Å². The molecule has 34 heavy (non-hydrogen) atoms. The smallest absolute Gasteiger partial charge is 0.328 e. The van der Waals surface area contributed by atoms with E-state index < -0.39 is 66.8 Å². The quantitative estimate of drug-likeness (QED) is 0.173. The standard InChI is InChI=1S/C21H29N5O8/c22-13(8-11-3-5-12(28)6-4-11)18(30)24-14(9-17(23)29)20(32)26-7-1-2-16(26)19(31)25-15(10-27)21(33)34/h3-6,13-16,27-28H,1-2,7-10,22H2,(H2,23,29)(H,24,30)(H,25,31)(H,33,34). The number of aromatic hydroxyl groups is 1. The average Bonchev–Trinajstić information content (AvgIpc) is 3.27. The van der Waals surface area contributed by atoms with E-state index in [0.717, 1.165) is 4.90 Å². The van der Waals surface area contributed by atoms with E-state index in [0.29, 0.717) is 12.0 Å². The van der Waals surface area contributed by atoms with Gasteiger partial charge in [-0.2, -0.15) is 0 Å². The molecule has 9 N–H and O–H groups in total. The molecular weight excluding hydrogens is 450 g/mol. The highest BCUT2D eigenvalue weighted by Gasteiger charge is 2.39. The van der Waals surface area contributed by atoms with Crippen LogP contribution in [0.3, 0.4) is 0 Å². The van der Waals surface area contributed by atoms with Crippen molar-refractivity contribution in [3.8, 4) is 5.75 Å². The van der Waals surface area contributed by atoms with Gasteiger partial charge in [0, 0.05) is 6.54 Å². The Labute approximate surface area is 195 Å². The lowest BCUT2D eigenvalue weighted by atomic mass is 10.0. The highest BCUT2D eigenvalue weighted by Crippen LogP contribution is 2.20. The number of primary amides is 1. The lowest BCUT2D eigenvalue weighted by Gasteiger charge is -2.29. The topological polar surface area (TPSA) is 225 Å². The molecule has 1 heterocycles. The summed E-state index contributed by atoms with van der Waals surface area (Å²) in [6, 6.07) is 0.997. The highest BCUT2D eigenvalue weighted by atomic mass is 16.4. The molecule has 0 spiro atoms. The van der Waals surface area contributed by atoms with Crippen molar-refractivity contribution >= 4 is 29.6 Å². The summed E-state index contributed by atoms with van der Waals surface area (Å²) in [7, 11) is 0. The fraction of sp³-hybridized carbons (Fsp3) is 0.476. The number of benzene rings is 1. The Morgan fingerprint density at radius 1 is 1.09 bits per heavy atom. The molecular formula is C21H29N5O8. The molecule has 1 fully saturated rings. The predicted molar refractivity (Wildman–Crippen MR) is 117 cm³/mol. The third kappa shape index (κ3) is 7.15. The van der Waals surface area contributed by atoms with Crippen LogP contribution < -0.4 is 22.1 Å². The minimum absolute atomic E-state index is 0.0479. The van der Waals surface area contributed by atoms with Crippen LogP contribution in [-0.4, -0.2) is 87.1 Å². The number of hydrogen-bond donors (Lipinski definition) is 7. The van der Waals surface area contributed by atoms with Crippen LogP contribution in [0, 0.1) is 0 Å². The molecule has 1 aliphatic rings. The molecule has 0 radical (unpaired) electrons. The third-order valence-electron chi connectivity index (χ3n) is 5.38. The van der Waals surface area contributed by atoms with Gasteiger partial charge in [-0.25, -0.2) is 4.79 Å². The number of phenolic OH excluding ortho intramolecular Hbond substituents is 1. The summed E-state index contributed by atoms with van der Waals surface area (Å²) in [5.74, 6) is -4.49. The maximum Gasteiger partial charge on any atom is 0.328 e. The maximum absolute atomic E-state index is 13.1. The van der Waals surface area contributed by atoms with E-state index in [4.69, 9.17) is 21.7 Å². The molecule has 186 valence electrons. The first-order valence-corrected chi connectivity index (χ1v) is 10.6. The number of carbonyl (C=O) groups is 5. The third-order valence-corrected chi connectivity index (χ3v) is 5.38. The van der Waals surface area contributed by atoms with Crippen LogP contribution in [0.25, 0.3) is 0 Å². The van der Waals surface area contributed by atoms with Crippen molar-refractivity contribution in [2.45, 2.75) is 49.9 Å². The Hall–Kier alpha value is -3.71. The molecule has 0 aliphatic carbocycles. The van der Waals surface area contributed by atoms with E-state index in [2.05, 4.69) is 10.6 Å². The Morgan fingerprint density at radius 3 is 2.29 bits per heavy atom. The van der Waals surface area contributed by atoms with E-state index in [1.807, 2.05) is 0 Å². The van der Waals surface area contributed by atoms with Crippen molar-refractivity contribution in [2.75, 3.05) is 13.2 Å². The van der Waals surface area contributed by atoms with Gasteiger partial charge in [0.15, 0.2) is 0 Å². The molecule has 4 atom stereocenters. The Kier molecular flexibility index (Phi) is 9.33. The Morgan fingerprint density at radius 2 is 1.74 bits per heavy atom. The molecule has 1 aliphatic heterocycles. The van der Waals surface area contributed by atoms with Gasteiger partial charge in [0.05, 0.1) is 19.1 Å². The number of likely N-dealkylation sites (tertiary alicyclic amines) is 1. The molecule has 2 rings (SSSR count). The number of aliphatic carboxylic acids is 1. The van der Waals surface area contributed by atoms with Crippen molar-refractivity contribution < 1.29 is 39.3 Å². The number of hydrogen-bond acceptors (Lipinski definition) is 8. The second-order valence-corrected chi connectivity index (χ2v) is 7.98. The average molecular weight is 479 g/mol. The first-order chi connectivity index (χ1) is 16.0. The van der Waals surface area contributed by atoms with Gasteiger partial charge in [0.25, 0.3) is 0 Å². The van der Waals surface area contributed by atoms with E-state index >= 15 is 0 Å². The number of nitrogens with zero attached hydrogens (tertiary/aromatic N) is 1. The molecule has 1 aromatic rings.